The lowest BCUT2D eigenvalue weighted by molar-refractivity contribution is -0.126. The highest BCUT2D eigenvalue weighted by Gasteiger charge is 2.21. The number of piperazine rings is 1. The molecule has 36 heavy (non-hydrogen) atoms. The maximum Gasteiger partial charge on any atom is 0.246 e. The standard InChI is InChI=1S/C29H29N5O2/c1-36-26-12-6-5-11-25(26)29-24(22-34(31-29)21-23-9-3-2-4-10-23)14-15-28(35)33-19-17-32(18-20-33)27-13-7-8-16-30-27/h2-16,22H,17-21H2,1H3/b15-14+. The van der Waals surface area contributed by atoms with Crippen molar-refractivity contribution in [2.24, 2.45) is 0 Å². The van der Waals surface area contributed by atoms with E-state index in [4.69, 9.17) is 9.84 Å². The van der Waals surface area contributed by atoms with Crippen LogP contribution >= 0.6 is 0 Å². The average molecular weight is 480 g/mol. The molecule has 0 radical (unpaired) electrons. The molecule has 0 saturated carbocycles. The van der Waals surface area contributed by atoms with Crippen molar-refractivity contribution in [3.8, 4) is 17.0 Å². The summed E-state index contributed by atoms with van der Waals surface area (Å²) in [7, 11) is 1.66. The number of pyridine rings is 1. The van der Waals surface area contributed by atoms with Crippen LogP contribution in [0.15, 0.2) is 91.3 Å². The largest absolute Gasteiger partial charge is 0.496 e. The summed E-state index contributed by atoms with van der Waals surface area (Å²) in [5, 5.41) is 4.87. The highest BCUT2D eigenvalue weighted by atomic mass is 16.5. The molecule has 5 rings (SSSR count). The van der Waals surface area contributed by atoms with Crippen LogP contribution < -0.4 is 9.64 Å². The summed E-state index contributed by atoms with van der Waals surface area (Å²) in [6.45, 7) is 3.48. The second-order valence-electron chi connectivity index (χ2n) is 8.65. The number of para-hydroxylation sites is 1. The van der Waals surface area contributed by atoms with Crippen LogP contribution in [0.1, 0.15) is 11.1 Å². The van der Waals surface area contributed by atoms with E-state index in [9.17, 15) is 4.79 Å². The molecule has 2 aromatic carbocycles. The fourth-order valence-electron chi connectivity index (χ4n) is 4.42. The lowest BCUT2D eigenvalue weighted by Gasteiger charge is -2.34. The Morgan fingerprint density at radius 1 is 0.944 bits per heavy atom. The maximum absolute atomic E-state index is 13.0. The molecule has 7 heteroatoms. The van der Waals surface area contributed by atoms with Gasteiger partial charge in [0.05, 0.1) is 13.7 Å². The summed E-state index contributed by atoms with van der Waals surface area (Å²) >= 11 is 0. The number of anilines is 1. The van der Waals surface area contributed by atoms with Crippen molar-refractivity contribution in [1.82, 2.24) is 19.7 Å². The molecule has 1 amide bonds. The molecule has 7 nitrogen and oxygen atoms in total. The highest BCUT2D eigenvalue weighted by molar-refractivity contribution is 5.93. The van der Waals surface area contributed by atoms with Crippen molar-refractivity contribution in [1.29, 1.82) is 0 Å². The van der Waals surface area contributed by atoms with E-state index in [1.807, 2.05) is 82.5 Å². The second-order valence-corrected chi connectivity index (χ2v) is 8.65. The van der Waals surface area contributed by atoms with Gasteiger partial charge >= 0.3 is 0 Å². The van der Waals surface area contributed by atoms with Crippen LogP contribution in [0.2, 0.25) is 0 Å². The second kappa shape index (κ2) is 10.9. The monoisotopic (exact) mass is 479 g/mol. The van der Waals surface area contributed by atoms with Crippen LogP contribution in [0.25, 0.3) is 17.3 Å². The zero-order chi connectivity index (χ0) is 24.7. The first-order chi connectivity index (χ1) is 17.7. The quantitative estimate of drug-likeness (QED) is 0.369. The van der Waals surface area contributed by atoms with E-state index >= 15 is 0 Å². The van der Waals surface area contributed by atoms with E-state index in [0.29, 0.717) is 19.6 Å². The Labute approximate surface area is 211 Å². The van der Waals surface area contributed by atoms with E-state index in [-0.39, 0.29) is 5.91 Å². The number of aromatic nitrogens is 3. The average Bonchev–Trinajstić information content (AvgIpc) is 3.35. The van der Waals surface area contributed by atoms with Gasteiger partial charge in [-0.15, -0.1) is 0 Å². The van der Waals surface area contributed by atoms with Crippen molar-refractivity contribution in [2.45, 2.75) is 6.54 Å². The molecule has 0 N–H and O–H groups in total. The highest BCUT2D eigenvalue weighted by Crippen LogP contribution is 2.32. The topological polar surface area (TPSA) is 63.5 Å². The molecular formula is C29H29N5O2. The van der Waals surface area contributed by atoms with Crippen molar-refractivity contribution in [2.75, 3.05) is 38.2 Å². The molecule has 1 fully saturated rings. The lowest BCUT2D eigenvalue weighted by Crippen LogP contribution is -2.48. The van der Waals surface area contributed by atoms with Crippen LogP contribution in [0.5, 0.6) is 5.75 Å². The Balaban J connectivity index is 1.35. The Morgan fingerprint density at radius 3 is 2.44 bits per heavy atom. The van der Waals surface area contributed by atoms with Gasteiger partial charge in [0.2, 0.25) is 5.91 Å². The molecule has 2 aromatic heterocycles. The molecular weight excluding hydrogens is 450 g/mol. The first kappa shape index (κ1) is 23.4. The molecule has 182 valence electrons. The van der Waals surface area contributed by atoms with Gasteiger partial charge in [0, 0.05) is 55.8 Å². The third kappa shape index (κ3) is 5.30. The molecule has 0 atom stereocenters. The van der Waals surface area contributed by atoms with Crippen molar-refractivity contribution in [3.63, 3.8) is 0 Å². The third-order valence-corrected chi connectivity index (χ3v) is 6.31. The minimum atomic E-state index is -0.00235. The predicted molar refractivity (Wildman–Crippen MR) is 142 cm³/mol. The number of benzene rings is 2. The van der Waals surface area contributed by atoms with Crippen LogP contribution in [-0.2, 0) is 11.3 Å². The van der Waals surface area contributed by atoms with Gasteiger partial charge in [0.15, 0.2) is 0 Å². The van der Waals surface area contributed by atoms with Gasteiger partial charge in [0.25, 0.3) is 0 Å². The number of carbonyl (C=O) groups is 1. The maximum atomic E-state index is 13.0. The third-order valence-electron chi connectivity index (χ3n) is 6.31. The summed E-state index contributed by atoms with van der Waals surface area (Å²) in [5.41, 5.74) is 3.70. The number of nitrogens with zero attached hydrogens (tertiary/aromatic N) is 5. The SMILES string of the molecule is COc1ccccc1-c1nn(Cc2ccccc2)cc1/C=C/C(=O)N1CCN(c2ccccn2)CC1. The number of rotatable bonds is 7. The van der Waals surface area contributed by atoms with E-state index in [2.05, 4.69) is 22.0 Å². The summed E-state index contributed by atoms with van der Waals surface area (Å²) in [6.07, 6.45) is 7.30. The Hall–Kier alpha value is -4.39. The zero-order valence-corrected chi connectivity index (χ0v) is 20.3. The lowest BCUT2D eigenvalue weighted by atomic mass is 10.1. The number of methoxy groups -OCH3 is 1. The van der Waals surface area contributed by atoms with Gasteiger partial charge < -0.3 is 14.5 Å². The van der Waals surface area contributed by atoms with Crippen LogP contribution in [0, 0.1) is 0 Å². The van der Waals surface area contributed by atoms with E-state index in [1.165, 1.54) is 0 Å². The smallest absolute Gasteiger partial charge is 0.246 e. The molecule has 1 aliphatic heterocycles. The Bertz CT molecular complexity index is 1330. The molecule has 0 spiro atoms. The fraction of sp³-hybridized carbons (Fsp3) is 0.207. The number of carbonyl (C=O) groups excluding carboxylic acids is 1. The molecule has 0 aliphatic carbocycles. The fourth-order valence-corrected chi connectivity index (χ4v) is 4.42. The van der Waals surface area contributed by atoms with E-state index < -0.39 is 0 Å². The molecule has 0 unspecified atom stereocenters. The van der Waals surface area contributed by atoms with Gasteiger partial charge in [-0.25, -0.2) is 4.98 Å². The summed E-state index contributed by atoms with van der Waals surface area (Å²) in [5.74, 6) is 1.69. The predicted octanol–water partition coefficient (Wildman–Crippen LogP) is 4.36. The Morgan fingerprint density at radius 2 is 1.69 bits per heavy atom. The van der Waals surface area contributed by atoms with Crippen molar-refractivity contribution < 1.29 is 9.53 Å². The van der Waals surface area contributed by atoms with Gasteiger partial charge in [0.1, 0.15) is 17.3 Å². The van der Waals surface area contributed by atoms with Gasteiger partial charge in [-0.2, -0.15) is 5.10 Å². The minimum absolute atomic E-state index is 0.00235. The summed E-state index contributed by atoms with van der Waals surface area (Å²) in [4.78, 5) is 21.5. The number of ether oxygens (including phenoxy) is 1. The number of hydrogen-bond acceptors (Lipinski definition) is 5. The molecule has 1 saturated heterocycles. The molecule has 0 bridgehead atoms. The summed E-state index contributed by atoms with van der Waals surface area (Å²) in [6, 6.07) is 23.9. The Kier molecular flexibility index (Phi) is 7.07. The zero-order valence-electron chi connectivity index (χ0n) is 20.3. The van der Waals surface area contributed by atoms with Crippen molar-refractivity contribution >= 4 is 17.8 Å². The van der Waals surface area contributed by atoms with Gasteiger partial charge in [-0.1, -0.05) is 48.5 Å². The van der Waals surface area contributed by atoms with Gasteiger partial charge in [-0.05, 0) is 35.9 Å². The van der Waals surface area contributed by atoms with Crippen LogP contribution in [0.4, 0.5) is 5.82 Å². The van der Waals surface area contributed by atoms with E-state index in [0.717, 1.165) is 47.0 Å². The van der Waals surface area contributed by atoms with Gasteiger partial charge in [-0.3, -0.25) is 9.48 Å². The molecule has 1 aliphatic rings. The first-order valence-electron chi connectivity index (χ1n) is 12.1. The van der Waals surface area contributed by atoms with Crippen LogP contribution in [-0.4, -0.2) is 58.9 Å². The number of amides is 1. The van der Waals surface area contributed by atoms with Crippen molar-refractivity contribution in [3.05, 3.63) is 102 Å². The molecule has 3 heterocycles. The first-order valence-corrected chi connectivity index (χ1v) is 12.1. The molecule has 4 aromatic rings. The number of hydrogen-bond donors (Lipinski definition) is 0. The van der Waals surface area contributed by atoms with E-state index in [1.54, 1.807) is 19.4 Å². The summed E-state index contributed by atoms with van der Waals surface area (Å²) < 4.78 is 7.50. The minimum Gasteiger partial charge on any atom is -0.496 e. The normalized spacial score (nSPS) is 13.8. The van der Waals surface area contributed by atoms with Crippen LogP contribution in [0.3, 0.4) is 0 Å².